The summed E-state index contributed by atoms with van der Waals surface area (Å²) in [6.45, 7) is 7.97. The first-order valence-electron chi connectivity index (χ1n) is 11.6. The van der Waals surface area contributed by atoms with Gasteiger partial charge in [-0.3, -0.25) is 4.79 Å². The van der Waals surface area contributed by atoms with Gasteiger partial charge in [0.25, 0.3) is 0 Å². The van der Waals surface area contributed by atoms with Gasteiger partial charge in [-0.25, -0.2) is 9.78 Å². The Hall–Kier alpha value is -4.46. The fourth-order valence-corrected chi connectivity index (χ4v) is 3.98. The van der Waals surface area contributed by atoms with E-state index in [0.29, 0.717) is 5.82 Å². The third-order valence-electron chi connectivity index (χ3n) is 5.71. The summed E-state index contributed by atoms with van der Waals surface area (Å²) in [5.41, 5.74) is 4.98. The second kappa shape index (κ2) is 10.4. The number of carbonyl (C=O) groups excluding carboxylic acids is 2. The van der Waals surface area contributed by atoms with Crippen molar-refractivity contribution in [3.05, 3.63) is 82.6 Å². The summed E-state index contributed by atoms with van der Waals surface area (Å²) in [5.74, 6) is 0.388. The number of nitrogens with one attached hydrogen (secondary N) is 1. The largest absolute Gasteiger partial charge is 0.497 e. The standard InChI is InChI=1S/C28H28N4O4/c1-6-36-28(34)23-16-29-32(24-15-18(3)22-14-17(2)13-19(4)26(22)30-24)27(23)31-25(33)12-9-20-7-10-21(35-5)11-8-20/h7-16H,6H2,1-5H3,(H,31,33)/b12-9+. The molecule has 0 radical (unpaired) electrons. The van der Waals surface area contributed by atoms with Crippen LogP contribution < -0.4 is 10.1 Å². The van der Waals surface area contributed by atoms with Gasteiger partial charge in [0.2, 0.25) is 5.91 Å². The highest BCUT2D eigenvalue weighted by atomic mass is 16.5. The number of anilines is 1. The topological polar surface area (TPSA) is 95.3 Å². The van der Waals surface area contributed by atoms with Crippen molar-refractivity contribution in [1.82, 2.24) is 14.8 Å². The van der Waals surface area contributed by atoms with Crippen molar-refractivity contribution in [1.29, 1.82) is 0 Å². The maximum absolute atomic E-state index is 12.9. The number of hydrogen-bond acceptors (Lipinski definition) is 6. The van der Waals surface area contributed by atoms with Crippen molar-refractivity contribution < 1.29 is 19.1 Å². The Morgan fingerprint density at radius 2 is 1.81 bits per heavy atom. The van der Waals surface area contributed by atoms with Crippen LogP contribution >= 0.6 is 0 Å². The van der Waals surface area contributed by atoms with E-state index in [1.54, 1.807) is 20.1 Å². The number of esters is 1. The zero-order chi connectivity index (χ0) is 25.8. The first-order valence-corrected chi connectivity index (χ1v) is 11.6. The van der Waals surface area contributed by atoms with Gasteiger partial charge in [-0.05, 0) is 74.7 Å². The predicted octanol–water partition coefficient (Wildman–Crippen LogP) is 5.18. The summed E-state index contributed by atoms with van der Waals surface area (Å²) in [6.07, 6.45) is 4.44. The summed E-state index contributed by atoms with van der Waals surface area (Å²) >= 11 is 0. The Morgan fingerprint density at radius 1 is 1.06 bits per heavy atom. The molecule has 2 aromatic heterocycles. The zero-order valence-electron chi connectivity index (χ0n) is 21.0. The average Bonchev–Trinajstić information content (AvgIpc) is 3.27. The maximum atomic E-state index is 12.9. The molecule has 0 saturated heterocycles. The van der Waals surface area contributed by atoms with Gasteiger partial charge in [-0.15, -0.1) is 0 Å². The fourth-order valence-electron chi connectivity index (χ4n) is 3.98. The van der Waals surface area contributed by atoms with Crippen molar-refractivity contribution >= 4 is 34.7 Å². The zero-order valence-corrected chi connectivity index (χ0v) is 21.0. The molecule has 0 saturated carbocycles. The van der Waals surface area contributed by atoms with Crippen LogP contribution in [0.15, 0.2) is 54.7 Å². The molecule has 0 aliphatic heterocycles. The molecule has 2 heterocycles. The Morgan fingerprint density at radius 3 is 2.50 bits per heavy atom. The Bertz CT molecular complexity index is 1470. The minimum Gasteiger partial charge on any atom is -0.497 e. The lowest BCUT2D eigenvalue weighted by Gasteiger charge is -2.13. The first kappa shape index (κ1) is 24.7. The normalized spacial score (nSPS) is 11.1. The smallest absolute Gasteiger partial charge is 0.343 e. The molecule has 0 aliphatic rings. The third-order valence-corrected chi connectivity index (χ3v) is 5.71. The SMILES string of the molecule is CCOC(=O)c1cnn(-c2cc(C)c3cc(C)cc(C)c3n2)c1NC(=O)/C=C/c1ccc(OC)cc1. The Balaban J connectivity index is 1.72. The molecule has 2 aromatic carbocycles. The van der Waals surface area contributed by atoms with Gasteiger partial charge < -0.3 is 14.8 Å². The summed E-state index contributed by atoms with van der Waals surface area (Å²) in [7, 11) is 1.59. The molecule has 0 bridgehead atoms. The lowest BCUT2D eigenvalue weighted by molar-refractivity contribution is -0.111. The minimum atomic E-state index is -0.581. The number of aryl methyl sites for hydroxylation is 3. The van der Waals surface area contributed by atoms with Crippen molar-refractivity contribution in [2.75, 3.05) is 19.0 Å². The van der Waals surface area contributed by atoms with Crippen LogP contribution in [0.5, 0.6) is 5.75 Å². The van der Waals surface area contributed by atoms with E-state index in [-0.39, 0.29) is 18.0 Å². The highest BCUT2D eigenvalue weighted by Crippen LogP contribution is 2.27. The van der Waals surface area contributed by atoms with Crippen LogP contribution in [-0.4, -0.2) is 40.4 Å². The van der Waals surface area contributed by atoms with E-state index in [1.807, 2.05) is 51.1 Å². The van der Waals surface area contributed by atoms with E-state index >= 15 is 0 Å². The number of rotatable bonds is 7. The van der Waals surface area contributed by atoms with Gasteiger partial charge in [0, 0.05) is 11.5 Å². The predicted molar refractivity (Wildman–Crippen MR) is 140 cm³/mol. The second-order valence-corrected chi connectivity index (χ2v) is 8.41. The average molecular weight is 485 g/mol. The number of fused-ring (bicyclic) bond motifs is 1. The van der Waals surface area contributed by atoms with Crippen molar-refractivity contribution in [2.45, 2.75) is 27.7 Å². The number of pyridine rings is 1. The number of hydrogen-bond donors (Lipinski definition) is 1. The number of carbonyl (C=O) groups is 2. The molecule has 0 fully saturated rings. The molecule has 8 nitrogen and oxygen atoms in total. The van der Waals surface area contributed by atoms with Crippen molar-refractivity contribution in [3.8, 4) is 11.6 Å². The molecular weight excluding hydrogens is 456 g/mol. The van der Waals surface area contributed by atoms with Crippen LogP contribution in [0, 0.1) is 20.8 Å². The molecule has 1 amide bonds. The van der Waals surface area contributed by atoms with Crippen LogP contribution in [0.2, 0.25) is 0 Å². The Kier molecular flexibility index (Phi) is 7.15. The lowest BCUT2D eigenvalue weighted by atomic mass is 10.0. The summed E-state index contributed by atoms with van der Waals surface area (Å²) < 4.78 is 11.8. The number of benzene rings is 2. The summed E-state index contributed by atoms with van der Waals surface area (Å²) in [4.78, 5) is 30.3. The van der Waals surface area contributed by atoms with Crippen LogP contribution in [0.3, 0.4) is 0 Å². The summed E-state index contributed by atoms with van der Waals surface area (Å²) in [6, 6.07) is 13.3. The molecule has 0 atom stereocenters. The highest BCUT2D eigenvalue weighted by Gasteiger charge is 2.22. The molecule has 0 unspecified atom stereocenters. The monoisotopic (exact) mass is 484 g/mol. The number of aromatic nitrogens is 3. The third kappa shape index (κ3) is 5.12. The molecule has 184 valence electrons. The number of ether oxygens (including phenoxy) is 2. The van der Waals surface area contributed by atoms with Crippen LogP contribution in [0.1, 0.15) is 39.5 Å². The van der Waals surface area contributed by atoms with Crippen molar-refractivity contribution in [2.24, 2.45) is 0 Å². The number of amides is 1. The highest BCUT2D eigenvalue weighted by molar-refractivity contribution is 6.06. The molecule has 36 heavy (non-hydrogen) atoms. The van der Waals surface area contributed by atoms with Crippen molar-refractivity contribution in [3.63, 3.8) is 0 Å². The van der Waals surface area contributed by atoms with Gasteiger partial charge in [0.1, 0.15) is 11.3 Å². The van der Waals surface area contributed by atoms with Gasteiger partial charge in [-0.1, -0.05) is 23.8 Å². The van der Waals surface area contributed by atoms with Gasteiger partial charge in [0.05, 0.1) is 25.4 Å². The van der Waals surface area contributed by atoms with E-state index < -0.39 is 11.9 Å². The molecule has 4 aromatic rings. The first-order chi connectivity index (χ1) is 17.3. The molecule has 8 heteroatoms. The van der Waals surface area contributed by atoms with E-state index in [2.05, 4.69) is 22.5 Å². The van der Waals surface area contributed by atoms with Gasteiger partial charge in [-0.2, -0.15) is 9.78 Å². The molecular formula is C28H28N4O4. The van der Waals surface area contributed by atoms with Gasteiger partial charge >= 0.3 is 5.97 Å². The number of methoxy groups -OCH3 is 1. The molecule has 1 N–H and O–H groups in total. The van der Waals surface area contributed by atoms with E-state index in [1.165, 1.54) is 17.0 Å². The summed E-state index contributed by atoms with van der Waals surface area (Å²) in [5, 5.41) is 8.21. The van der Waals surface area contributed by atoms with Gasteiger partial charge in [0.15, 0.2) is 11.6 Å². The lowest BCUT2D eigenvalue weighted by Crippen LogP contribution is -2.16. The minimum absolute atomic E-state index is 0.142. The Labute approximate surface area is 209 Å². The van der Waals surface area contributed by atoms with E-state index in [0.717, 1.165) is 38.9 Å². The van der Waals surface area contributed by atoms with Crippen LogP contribution in [0.4, 0.5) is 5.82 Å². The molecule has 4 rings (SSSR count). The maximum Gasteiger partial charge on any atom is 0.343 e. The fraction of sp³-hybridized carbons (Fsp3) is 0.214. The van der Waals surface area contributed by atoms with E-state index in [4.69, 9.17) is 14.5 Å². The second-order valence-electron chi connectivity index (χ2n) is 8.41. The van der Waals surface area contributed by atoms with Crippen LogP contribution in [0.25, 0.3) is 22.8 Å². The quantitative estimate of drug-likeness (QED) is 0.287. The number of nitrogens with zero attached hydrogens (tertiary/aromatic N) is 3. The molecule has 0 spiro atoms. The van der Waals surface area contributed by atoms with Crippen LogP contribution in [-0.2, 0) is 9.53 Å². The molecule has 0 aliphatic carbocycles. The van der Waals surface area contributed by atoms with E-state index in [9.17, 15) is 9.59 Å².